The summed E-state index contributed by atoms with van der Waals surface area (Å²) in [6.07, 6.45) is 1.96. The molecule has 1 amide bonds. The van der Waals surface area contributed by atoms with Crippen molar-refractivity contribution in [2.45, 2.75) is 63.7 Å². The van der Waals surface area contributed by atoms with E-state index in [1.165, 1.54) is 0 Å². The fraction of sp³-hybridized carbons (Fsp3) is 0.263. The van der Waals surface area contributed by atoms with Crippen LogP contribution in [0.2, 0.25) is 0 Å². The Morgan fingerprint density at radius 3 is 2.23 bits per heavy atom. The summed E-state index contributed by atoms with van der Waals surface area (Å²) in [5.41, 5.74) is 6.50. The number of amides is 1. The van der Waals surface area contributed by atoms with Gasteiger partial charge in [-0.2, -0.15) is 0 Å². The number of carbonyl (C=O) groups is 1. The molecule has 10 heteroatoms. The van der Waals surface area contributed by atoms with Crippen molar-refractivity contribution in [2.24, 2.45) is 0 Å². The Bertz CT molecular complexity index is 1910. The van der Waals surface area contributed by atoms with Crippen LogP contribution in [0.4, 0.5) is 0 Å². The molecule has 0 saturated heterocycles. The van der Waals surface area contributed by atoms with Gasteiger partial charge in [-0.3, -0.25) is 4.79 Å². The molecular formula is C38H43N5O4S. The predicted octanol–water partition coefficient (Wildman–Crippen LogP) is 5.08. The van der Waals surface area contributed by atoms with Gasteiger partial charge in [-0.05, 0) is 79.8 Å². The summed E-state index contributed by atoms with van der Waals surface area (Å²) in [6, 6.07) is 31.9. The summed E-state index contributed by atoms with van der Waals surface area (Å²) in [4.78, 5) is 17.5. The normalized spacial score (nSPS) is 12.8. The lowest BCUT2D eigenvalue weighted by Crippen LogP contribution is -2.32. The van der Waals surface area contributed by atoms with E-state index < -0.39 is 16.1 Å². The maximum absolute atomic E-state index is 12.8. The van der Waals surface area contributed by atoms with E-state index >= 15 is 0 Å². The Labute approximate surface area is 283 Å². The third-order valence-electron chi connectivity index (χ3n) is 8.22. The summed E-state index contributed by atoms with van der Waals surface area (Å²) >= 11 is 0. The highest BCUT2D eigenvalue weighted by atomic mass is 32.2. The SMILES string of the molecule is Cc1ccc(C)n1-c1ccc([C@H](O)CN[C@H](C)Cc2cccc(CC(=O)NCc3cccc(S(=O)(=O)NCc4ccccc4)c3)c2)cn1. The van der Waals surface area contributed by atoms with Crippen molar-refractivity contribution < 1.29 is 18.3 Å². The quantitative estimate of drug-likeness (QED) is 0.124. The molecule has 5 aromatic rings. The molecule has 2 aromatic heterocycles. The first-order valence-corrected chi connectivity index (χ1v) is 17.6. The third-order valence-corrected chi connectivity index (χ3v) is 9.62. The molecule has 2 heterocycles. The van der Waals surface area contributed by atoms with Crippen molar-refractivity contribution in [3.63, 3.8) is 0 Å². The van der Waals surface area contributed by atoms with Crippen LogP contribution in [0.15, 0.2) is 114 Å². The summed E-state index contributed by atoms with van der Waals surface area (Å²) < 4.78 is 30.4. The largest absolute Gasteiger partial charge is 0.387 e. The number of aromatic nitrogens is 2. The predicted molar refractivity (Wildman–Crippen MR) is 188 cm³/mol. The highest BCUT2D eigenvalue weighted by Crippen LogP contribution is 2.18. The number of aryl methyl sites for hydroxylation is 2. The van der Waals surface area contributed by atoms with Crippen molar-refractivity contribution in [1.29, 1.82) is 0 Å². The molecule has 0 fully saturated rings. The fourth-order valence-corrected chi connectivity index (χ4v) is 6.70. The number of hydrogen-bond donors (Lipinski definition) is 4. The average Bonchev–Trinajstić information content (AvgIpc) is 3.43. The van der Waals surface area contributed by atoms with Crippen LogP contribution in [-0.4, -0.2) is 41.6 Å². The van der Waals surface area contributed by atoms with Gasteiger partial charge in [0.2, 0.25) is 15.9 Å². The van der Waals surface area contributed by atoms with E-state index in [0.717, 1.165) is 45.9 Å². The number of aliphatic hydroxyl groups excluding tert-OH is 1. The molecule has 4 N–H and O–H groups in total. The highest BCUT2D eigenvalue weighted by Gasteiger charge is 2.15. The maximum Gasteiger partial charge on any atom is 0.240 e. The highest BCUT2D eigenvalue weighted by molar-refractivity contribution is 7.89. The van der Waals surface area contributed by atoms with E-state index in [-0.39, 0.29) is 36.4 Å². The number of benzene rings is 3. The van der Waals surface area contributed by atoms with Gasteiger partial charge in [-0.1, -0.05) is 72.8 Å². The Hall–Kier alpha value is -4.61. The number of nitrogens with one attached hydrogen (secondary N) is 3. The summed E-state index contributed by atoms with van der Waals surface area (Å²) in [5, 5.41) is 17.1. The lowest BCUT2D eigenvalue weighted by molar-refractivity contribution is -0.120. The third kappa shape index (κ3) is 9.48. The van der Waals surface area contributed by atoms with E-state index in [9.17, 15) is 18.3 Å². The zero-order chi connectivity index (χ0) is 34.1. The van der Waals surface area contributed by atoms with Crippen LogP contribution in [-0.2, 0) is 40.7 Å². The minimum atomic E-state index is -3.70. The Morgan fingerprint density at radius 2 is 1.50 bits per heavy atom. The lowest BCUT2D eigenvalue weighted by Gasteiger charge is -2.18. The van der Waals surface area contributed by atoms with Gasteiger partial charge in [0.25, 0.3) is 0 Å². The van der Waals surface area contributed by atoms with Crippen molar-refractivity contribution in [3.05, 3.63) is 149 Å². The van der Waals surface area contributed by atoms with Crippen molar-refractivity contribution in [1.82, 2.24) is 24.9 Å². The number of carbonyl (C=O) groups excluding carboxylic acids is 1. The molecule has 0 aliphatic carbocycles. The van der Waals surface area contributed by atoms with Gasteiger partial charge in [0.15, 0.2) is 0 Å². The van der Waals surface area contributed by atoms with Crippen LogP contribution in [0.3, 0.4) is 0 Å². The second-order valence-corrected chi connectivity index (χ2v) is 13.9. The second kappa shape index (κ2) is 16.0. The van der Waals surface area contributed by atoms with E-state index in [1.54, 1.807) is 30.5 Å². The second-order valence-electron chi connectivity index (χ2n) is 12.2. The van der Waals surface area contributed by atoms with Crippen molar-refractivity contribution in [3.8, 4) is 5.82 Å². The molecular weight excluding hydrogens is 623 g/mol. The Morgan fingerprint density at radius 1 is 0.812 bits per heavy atom. The average molecular weight is 666 g/mol. The molecule has 2 atom stereocenters. The molecule has 0 unspecified atom stereocenters. The summed E-state index contributed by atoms with van der Waals surface area (Å²) in [6.45, 7) is 6.95. The number of pyridine rings is 1. The maximum atomic E-state index is 12.8. The molecule has 0 bridgehead atoms. The van der Waals surface area contributed by atoms with Gasteiger partial charge < -0.3 is 20.3 Å². The monoisotopic (exact) mass is 665 g/mol. The van der Waals surface area contributed by atoms with Crippen LogP contribution in [0.25, 0.3) is 5.82 Å². The van der Waals surface area contributed by atoms with Crippen LogP contribution in [0.1, 0.15) is 52.2 Å². The number of rotatable bonds is 15. The lowest BCUT2D eigenvalue weighted by atomic mass is 10.0. The fourth-order valence-electron chi connectivity index (χ4n) is 5.61. The van der Waals surface area contributed by atoms with Crippen molar-refractivity contribution >= 4 is 15.9 Å². The van der Waals surface area contributed by atoms with Gasteiger partial charge in [-0.25, -0.2) is 18.1 Å². The number of sulfonamides is 1. The van der Waals surface area contributed by atoms with Crippen LogP contribution in [0.5, 0.6) is 0 Å². The molecule has 0 spiro atoms. The van der Waals surface area contributed by atoms with Crippen LogP contribution in [0, 0.1) is 13.8 Å². The molecule has 0 saturated carbocycles. The van der Waals surface area contributed by atoms with Crippen LogP contribution >= 0.6 is 0 Å². The molecule has 3 aromatic carbocycles. The number of aliphatic hydroxyl groups is 1. The smallest absolute Gasteiger partial charge is 0.240 e. The molecule has 0 radical (unpaired) electrons. The molecule has 0 aliphatic heterocycles. The summed E-state index contributed by atoms with van der Waals surface area (Å²) in [7, 11) is -3.70. The van der Waals surface area contributed by atoms with E-state index in [4.69, 9.17) is 0 Å². The van der Waals surface area contributed by atoms with E-state index in [2.05, 4.69) is 44.0 Å². The van der Waals surface area contributed by atoms with Gasteiger partial charge >= 0.3 is 0 Å². The van der Waals surface area contributed by atoms with E-state index in [1.807, 2.05) is 80.6 Å². The number of nitrogens with zero attached hydrogens (tertiary/aromatic N) is 2. The van der Waals surface area contributed by atoms with E-state index in [0.29, 0.717) is 12.1 Å². The minimum absolute atomic E-state index is 0.0897. The zero-order valence-electron chi connectivity index (χ0n) is 27.6. The standard InChI is InChI=1S/C38H43N5O4S/c1-27(39-26-36(44)34-17-18-37(40-25-34)43-28(2)15-16-29(43)3)19-31-11-7-12-32(20-31)22-38(45)41-23-33-13-8-14-35(21-33)48(46,47)42-24-30-9-5-4-6-10-30/h4-18,20-21,25,27,36,39,42,44H,19,22-24,26H2,1-3H3,(H,41,45)/t27-,36-/m1/s1. The van der Waals surface area contributed by atoms with Crippen LogP contribution < -0.4 is 15.4 Å². The molecule has 250 valence electrons. The summed E-state index contributed by atoms with van der Waals surface area (Å²) in [5.74, 6) is 0.673. The van der Waals surface area contributed by atoms with Crippen molar-refractivity contribution in [2.75, 3.05) is 6.54 Å². The first-order chi connectivity index (χ1) is 23.1. The van der Waals surface area contributed by atoms with Gasteiger partial charge in [0.05, 0.1) is 17.4 Å². The first-order valence-electron chi connectivity index (χ1n) is 16.1. The van der Waals surface area contributed by atoms with Gasteiger partial charge in [-0.15, -0.1) is 0 Å². The molecule has 5 rings (SSSR count). The Kier molecular flexibility index (Phi) is 11.6. The van der Waals surface area contributed by atoms with Gasteiger partial charge in [0, 0.05) is 48.8 Å². The topological polar surface area (TPSA) is 125 Å². The zero-order valence-corrected chi connectivity index (χ0v) is 28.4. The first kappa shape index (κ1) is 34.7. The molecule has 0 aliphatic rings. The molecule has 9 nitrogen and oxygen atoms in total. The van der Waals surface area contributed by atoms with Gasteiger partial charge in [0.1, 0.15) is 5.82 Å². The molecule has 48 heavy (non-hydrogen) atoms. The minimum Gasteiger partial charge on any atom is -0.387 e. The number of hydrogen-bond acceptors (Lipinski definition) is 6. The Balaban J connectivity index is 1.08.